The highest BCUT2D eigenvalue weighted by atomic mass is 32.2. The topological polar surface area (TPSA) is 70.2 Å². The van der Waals surface area contributed by atoms with Crippen LogP contribution in [0.1, 0.15) is 22.3 Å². The number of hydrogen-bond donors (Lipinski definition) is 3. The Morgan fingerprint density at radius 3 is 2.04 bits per heavy atom. The van der Waals surface area contributed by atoms with Gasteiger partial charge in [-0.05, 0) is 25.0 Å². The van der Waals surface area contributed by atoms with Crippen LogP contribution in [0.2, 0.25) is 0 Å². The Kier molecular flexibility index (Phi) is 8.71. The smallest absolute Gasteiger partial charge is 0.315 e. The minimum absolute atomic E-state index is 0.0254. The van der Waals surface area contributed by atoms with Crippen LogP contribution in [0.25, 0.3) is 0 Å². The van der Waals surface area contributed by atoms with Gasteiger partial charge in [0.25, 0.3) is 0 Å². The molecule has 0 fully saturated rings. The molecule has 0 aliphatic heterocycles. The first-order chi connectivity index (χ1) is 13.0. The number of urea groups is 1. The van der Waals surface area contributed by atoms with E-state index in [0.29, 0.717) is 13.1 Å². The Balaban J connectivity index is 1.51. The minimum Gasteiger partial charge on any atom is -0.354 e. The Hall–Kier alpha value is -2.47. The molecule has 2 aromatic carbocycles. The van der Waals surface area contributed by atoms with Gasteiger partial charge in [-0.1, -0.05) is 59.7 Å². The lowest BCUT2D eigenvalue weighted by Crippen LogP contribution is -2.42. The van der Waals surface area contributed by atoms with E-state index in [1.54, 1.807) is 11.8 Å². The van der Waals surface area contributed by atoms with Crippen molar-refractivity contribution in [2.24, 2.45) is 0 Å². The second-order valence-electron chi connectivity index (χ2n) is 6.41. The SMILES string of the molecule is Cc1ccc(CNC(=O)NCC(=O)NCCSCc2ccc(C)cc2)cc1. The van der Waals surface area contributed by atoms with Gasteiger partial charge in [-0.2, -0.15) is 11.8 Å². The van der Waals surface area contributed by atoms with Gasteiger partial charge in [-0.25, -0.2) is 4.79 Å². The molecule has 3 N–H and O–H groups in total. The molecule has 0 aromatic heterocycles. The fourth-order valence-electron chi connectivity index (χ4n) is 2.31. The van der Waals surface area contributed by atoms with Crippen molar-refractivity contribution >= 4 is 23.7 Å². The molecule has 144 valence electrons. The summed E-state index contributed by atoms with van der Waals surface area (Å²) in [6.07, 6.45) is 0. The maximum Gasteiger partial charge on any atom is 0.315 e. The summed E-state index contributed by atoms with van der Waals surface area (Å²) in [6.45, 7) is 5.08. The van der Waals surface area contributed by atoms with E-state index in [-0.39, 0.29) is 18.5 Å². The highest BCUT2D eigenvalue weighted by Crippen LogP contribution is 2.12. The molecule has 0 spiro atoms. The van der Waals surface area contributed by atoms with E-state index < -0.39 is 0 Å². The van der Waals surface area contributed by atoms with Crippen LogP contribution in [-0.4, -0.2) is 30.8 Å². The summed E-state index contributed by atoms with van der Waals surface area (Å²) in [5.41, 5.74) is 4.73. The van der Waals surface area contributed by atoms with E-state index >= 15 is 0 Å². The average molecular weight is 386 g/mol. The van der Waals surface area contributed by atoms with Gasteiger partial charge >= 0.3 is 6.03 Å². The molecule has 2 rings (SSSR count). The van der Waals surface area contributed by atoms with Gasteiger partial charge in [-0.15, -0.1) is 0 Å². The van der Waals surface area contributed by atoms with Gasteiger partial charge in [0.2, 0.25) is 5.91 Å². The highest BCUT2D eigenvalue weighted by Gasteiger charge is 2.05. The molecular formula is C21H27N3O2S. The first-order valence-corrected chi connectivity index (χ1v) is 10.2. The fraction of sp³-hybridized carbons (Fsp3) is 0.333. The fourth-order valence-corrected chi connectivity index (χ4v) is 3.13. The minimum atomic E-state index is -0.348. The highest BCUT2D eigenvalue weighted by molar-refractivity contribution is 7.98. The summed E-state index contributed by atoms with van der Waals surface area (Å²) in [5.74, 6) is 1.58. The van der Waals surface area contributed by atoms with Crippen LogP contribution in [-0.2, 0) is 17.1 Å². The second-order valence-corrected chi connectivity index (χ2v) is 7.52. The number of rotatable bonds is 9. The average Bonchev–Trinajstić information content (AvgIpc) is 2.67. The van der Waals surface area contributed by atoms with Crippen LogP contribution in [0.3, 0.4) is 0 Å². The third kappa shape index (κ3) is 8.64. The van der Waals surface area contributed by atoms with Crippen molar-refractivity contribution in [2.45, 2.75) is 26.1 Å². The zero-order valence-electron chi connectivity index (χ0n) is 15.9. The van der Waals surface area contributed by atoms with Crippen molar-refractivity contribution in [3.8, 4) is 0 Å². The van der Waals surface area contributed by atoms with Crippen LogP contribution in [0.15, 0.2) is 48.5 Å². The molecule has 0 unspecified atom stereocenters. The molecule has 27 heavy (non-hydrogen) atoms. The van der Waals surface area contributed by atoms with Crippen LogP contribution in [0.4, 0.5) is 4.79 Å². The van der Waals surface area contributed by atoms with Crippen LogP contribution < -0.4 is 16.0 Å². The lowest BCUT2D eigenvalue weighted by atomic mass is 10.1. The molecule has 0 saturated carbocycles. The molecule has 3 amide bonds. The number of nitrogens with one attached hydrogen (secondary N) is 3. The molecule has 0 aliphatic rings. The Morgan fingerprint density at radius 1 is 0.815 bits per heavy atom. The van der Waals surface area contributed by atoms with E-state index in [1.807, 2.05) is 31.2 Å². The van der Waals surface area contributed by atoms with Crippen LogP contribution in [0.5, 0.6) is 0 Å². The first kappa shape index (κ1) is 20.8. The van der Waals surface area contributed by atoms with Crippen molar-refractivity contribution in [1.82, 2.24) is 16.0 Å². The van der Waals surface area contributed by atoms with Gasteiger partial charge in [0.1, 0.15) is 0 Å². The summed E-state index contributed by atoms with van der Waals surface area (Å²) in [7, 11) is 0. The van der Waals surface area contributed by atoms with E-state index in [2.05, 4.69) is 47.1 Å². The van der Waals surface area contributed by atoms with Crippen molar-refractivity contribution in [3.63, 3.8) is 0 Å². The molecular weight excluding hydrogens is 358 g/mol. The quantitative estimate of drug-likeness (QED) is 0.581. The molecule has 2 aromatic rings. The predicted octanol–water partition coefficient (Wildman–Crippen LogP) is 3.15. The first-order valence-electron chi connectivity index (χ1n) is 9.00. The van der Waals surface area contributed by atoms with Crippen molar-refractivity contribution < 1.29 is 9.59 Å². The molecule has 0 atom stereocenters. The molecule has 6 heteroatoms. The number of amides is 3. The van der Waals surface area contributed by atoms with E-state index in [4.69, 9.17) is 0 Å². The van der Waals surface area contributed by atoms with Crippen molar-refractivity contribution in [3.05, 3.63) is 70.8 Å². The maximum absolute atomic E-state index is 11.8. The largest absolute Gasteiger partial charge is 0.354 e. The zero-order chi connectivity index (χ0) is 19.5. The summed E-state index contributed by atoms with van der Waals surface area (Å²) in [4.78, 5) is 23.5. The van der Waals surface area contributed by atoms with Gasteiger partial charge < -0.3 is 16.0 Å². The van der Waals surface area contributed by atoms with Crippen LogP contribution >= 0.6 is 11.8 Å². The number of carbonyl (C=O) groups excluding carboxylic acids is 2. The van der Waals surface area contributed by atoms with Crippen molar-refractivity contribution in [2.75, 3.05) is 18.8 Å². The van der Waals surface area contributed by atoms with E-state index in [0.717, 1.165) is 17.1 Å². The summed E-state index contributed by atoms with van der Waals surface area (Å²) >= 11 is 1.77. The number of carbonyl (C=O) groups is 2. The Labute approximate surface area is 165 Å². The lowest BCUT2D eigenvalue weighted by Gasteiger charge is -2.09. The second kappa shape index (κ2) is 11.3. The van der Waals surface area contributed by atoms with Gasteiger partial charge in [-0.3, -0.25) is 4.79 Å². The Morgan fingerprint density at radius 2 is 1.41 bits per heavy atom. The summed E-state index contributed by atoms with van der Waals surface area (Å²) < 4.78 is 0. The molecule has 0 heterocycles. The molecule has 0 aliphatic carbocycles. The third-order valence-electron chi connectivity index (χ3n) is 3.94. The number of hydrogen-bond acceptors (Lipinski definition) is 3. The lowest BCUT2D eigenvalue weighted by molar-refractivity contribution is -0.119. The monoisotopic (exact) mass is 385 g/mol. The number of aryl methyl sites for hydroxylation is 2. The zero-order valence-corrected chi connectivity index (χ0v) is 16.7. The maximum atomic E-state index is 11.8. The van der Waals surface area contributed by atoms with Gasteiger partial charge in [0.15, 0.2) is 0 Å². The van der Waals surface area contributed by atoms with Crippen molar-refractivity contribution in [1.29, 1.82) is 0 Å². The molecule has 0 saturated heterocycles. The normalized spacial score (nSPS) is 10.3. The van der Waals surface area contributed by atoms with E-state index in [9.17, 15) is 9.59 Å². The third-order valence-corrected chi connectivity index (χ3v) is 4.97. The summed E-state index contributed by atoms with van der Waals surface area (Å²) in [5, 5.41) is 8.12. The van der Waals surface area contributed by atoms with Crippen LogP contribution in [0, 0.1) is 13.8 Å². The summed E-state index contributed by atoms with van der Waals surface area (Å²) in [6, 6.07) is 16.0. The molecule has 5 nitrogen and oxygen atoms in total. The number of thioether (sulfide) groups is 1. The number of benzene rings is 2. The Bertz CT molecular complexity index is 730. The predicted molar refractivity (Wildman–Crippen MR) is 112 cm³/mol. The standard InChI is InChI=1S/C21H27N3O2S/c1-16-3-7-18(8-4-16)13-23-21(26)24-14-20(25)22-11-12-27-15-19-9-5-17(2)6-10-19/h3-10H,11-15H2,1-2H3,(H,22,25)(H2,23,24,26). The van der Waals surface area contributed by atoms with E-state index in [1.165, 1.54) is 16.7 Å². The van der Waals surface area contributed by atoms with Gasteiger partial charge in [0.05, 0.1) is 6.54 Å². The molecule has 0 radical (unpaired) electrons. The van der Waals surface area contributed by atoms with Gasteiger partial charge in [0, 0.05) is 24.6 Å². The molecule has 0 bridgehead atoms.